The molecule has 1 aliphatic carbocycles. The van der Waals surface area contributed by atoms with Crippen LogP contribution in [0, 0.1) is 11.8 Å². The number of hydrogen-bond donors (Lipinski definition) is 2. The Bertz CT molecular complexity index is 358. The third kappa shape index (κ3) is 3.49. The van der Waals surface area contributed by atoms with Gasteiger partial charge in [0, 0.05) is 12.6 Å². The highest BCUT2D eigenvalue weighted by atomic mass is 16.3. The Morgan fingerprint density at radius 3 is 2.50 bits per heavy atom. The second-order valence-corrected chi connectivity index (χ2v) is 5.85. The third-order valence-corrected chi connectivity index (χ3v) is 4.18. The molecule has 18 heavy (non-hydrogen) atoms. The van der Waals surface area contributed by atoms with E-state index in [0.29, 0.717) is 11.8 Å². The zero-order chi connectivity index (χ0) is 13.0. The summed E-state index contributed by atoms with van der Waals surface area (Å²) >= 11 is 0. The summed E-state index contributed by atoms with van der Waals surface area (Å²) in [5.41, 5.74) is 1.25. The van der Waals surface area contributed by atoms with Gasteiger partial charge in [-0.3, -0.25) is 0 Å². The minimum absolute atomic E-state index is 0.344. The lowest BCUT2D eigenvalue weighted by Crippen LogP contribution is -2.40. The van der Waals surface area contributed by atoms with Crippen molar-refractivity contribution in [2.24, 2.45) is 11.8 Å². The van der Waals surface area contributed by atoms with E-state index in [1.54, 1.807) is 12.1 Å². The van der Waals surface area contributed by atoms with Crippen molar-refractivity contribution < 1.29 is 5.11 Å². The quantitative estimate of drug-likeness (QED) is 0.850. The molecule has 2 unspecified atom stereocenters. The first kappa shape index (κ1) is 13.4. The predicted octanol–water partition coefficient (Wildman–Crippen LogP) is 3.70. The Hall–Kier alpha value is -1.02. The fourth-order valence-electron chi connectivity index (χ4n) is 3.07. The zero-order valence-electron chi connectivity index (χ0n) is 11.5. The Labute approximate surface area is 110 Å². The third-order valence-electron chi connectivity index (χ3n) is 4.18. The lowest BCUT2D eigenvalue weighted by Gasteiger charge is -2.35. The molecule has 2 N–H and O–H groups in total. The van der Waals surface area contributed by atoms with Crippen LogP contribution >= 0.6 is 0 Å². The van der Waals surface area contributed by atoms with Gasteiger partial charge in [-0.1, -0.05) is 38.8 Å². The lowest BCUT2D eigenvalue weighted by molar-refractivity contribution is 0.204. The van der Waals surface area contributed by atoms with E-state index < -0.39 is 0 Å². The highest BCUT2D eigenvalue weighted by Gasteiger charge is 2.26. The van der Waals surface area contributed by atoms with Crippen LogP contribution in [0.1, 0.15) is 45.1 Å². The van der Waals surface area contributed by atoms with E-state index in [9.17, 15) is 5.11 Å². The molecule has 2 heteroatoms. The number of phenolic OH excluding ortho intramolecular Hbond substituents is 1. The molecule has 0 radical (unpaired) electrons. The summed E-state index contributed by atoms with van der Waals surface area (Å²) in [5.74, 6) is 1.93. The summed E-state index contributed by atoms with van der Waals surface area (Å²) in [6, 6.07) is 8.17. The first-order valence-electron chi connectivity index (χ1n) is 7.18. The number of nitrogens with one attached hydrogen (secondary N) is 1. The van der Waals surface area contributed by atoms with Gasteiger partial charge >= 0.3 is 0 Å². The molecule has 100 valence electrons. The molecule has 1 aromatic carbocycles. The van der Waals surface area contributed by atoms with E-state index in [4.69, 9.17) is 0 Å². The standard InChI is InChI=1S/C16H25NO/c1-12(2)15-5-3-4-6-16(15)17-11-13-7-9-14(18)10-8-13/h7-10,12,15-18H,3-6,11H2,1-2H3. The number of hydrogen-bond acceptors (Lipinski definition) is 2. The second kappa shape index (κ2) is 6.24. The fourth-order valence-corrected chi connectivity index (χ4v) is 3.07. The monoisotopic (exact) mass is 247 g/mol. The molecule has 0 aliphatic heterocycles. The van der Waals surface area contributed by atoms with Gasteiger partial charge in [-0.25, -0.2) is 0 Å². The van der Waals surface area contributed by atoms with Crippen LogP contribution in [0.5, 0.6) is 5.75 Å². The van der Waals surface area contributed by atoms with Crippen molar-refractivity contribution in [2.45, 2.75) is 52.1 Å². The summed E-state index contributed by atoms with van der Waals surface area (Å²) in [6.45, 7) is 5.59. The van der Waals surface area contributed by atoms with Crippen molar-refractivity contribution in [1.29, 1.82) is 0 Å². The number of phenols is 1. The first-order valence-corrected chi connectivity index (χ1v) is 7.18. The molecular formula is C16H25NO. The van der Waals surface area contributed by atoms with Gasteiger partial charge in [0.25, 0.3) is 0 Å². The van der Waals surface area contributed by atoms with Crippen LogP contribution < -0.4 is 5.32 Å². The van der Waals surface area contributed by atoms with E-state index in [-0.39, 0.29) is 0 Å². The molecule has 2 atom stereocenters. The Morgan fingerprint density at radius 1 is 1.17 bits per heavy atom. The zero-order valence-corrected chi connectivity index (χ0v) is 11.5. The molecule has 0 bridgehead atoms. The van der Waals surface area contributed by atoms with Crippen molar-refractivity contribution in [2.75, 3.05) is 0 Å². The van der Waals surface area contributed by atoms with Crippen molar-refractivity contribution >= 4 is 0 Å². The SMILES string of the molecule is CC(C)C1CCCCC1NCc1ccc(O)cc1. The molecule has 0 heterocycles. The van der Waals surface area contributed by atoms with Gasteiger partial charge in [-0.2, -0.15) is 0 Å². The van der Waals surface area contributed by atoms with Gasteiger partial charge in [0.15, 0.2) is 0 Å². The summed E-state index contributed by atoms with van der Waals surface area (Å²) in [4.78, 5) is 0. The predicted molar refractivity (Wildman–Crippen MR) is 75.5 cm³/mol. The van der Waals surface area contributed by atoms with Crippen LogP contribution in [-0.2, 0) is 6.54 Å². The first-order chi connectivity index (χ1) is 8.66. The number of rotatable bonds is 4. The summed E-state index contributed by atoms with van der Waals surface area (Å²) in [6.07, 6.45) is 5.42. The van der Waals surface area contributed by atoms with Crippen LogP contribution in [0.15, 0.2) is 24.3 Å². The average Bonchev–Trinajstić information content (AvgIpc) is 2.38. The highest BCUT2D eigenvalue weighted by Crippen LogP contribution is 2.30. The summed E-state index contributed by atoms with van der Waals surface area (Å²) in [7, 11) is 0. The Morgan fingerprint density at radius 2 is 1.83 bits per heavy atom. The highest BCUT2D eigenvalue weighted by molar-refractivity contribution is 5.25. The maximum Gasteiger partial charge on any atom is 0.115 e. The topological polar surface area (TPSA) is 32.3 Å². The maximum atomic E-state index is 9.27. The molecule has 0 spiro atoms. The van der Waals surface area contributed by atoms with Crippen molar-refractivity contribution in [1.82, 2.24) is 5.32 Å². The van der Waals surface area contributed by atoms with Crippen LogP contribution in [0.4, 0.5) is 0 Å². The van der Waals surface area contributed by atoms with Gasteiger partial charge in [-0.05, 0) is 42.4 Å². The molecule has 2 rings (SSSR count). The normalized spacial score (nSPS) is 24.4. The summed E-state index contributed by atoms with van der Waals surface area (Å²) in [5, 5.41) is 13.0. The smallest absolute Gasteiger partial charge is 0.115 e. The summed E-state index contributed by atoms with van der Waals surface area (Å²) < 4.78 is 0. The average molecular weight is 247 g/mol. The number of aromatic hydroxyl groups is 1. The van der Waals surface area contributed by atoms with Crippen molar-refractivity contribution in [3.05, 3.63) is 29.8 Å². The molecule has 0 aromatic heterocycles. The van der Waals surface area contributed by atoms with Crippen LogP contribution in [0.2, 0.25) is 0 Å². The Balaban J connectivity index is 1.89. The van der Waals surface area contributed by atoms with E-state index in [1.165, 1.54) is 31.2 Å². The molecular weight excluding hydrogens is 222 g/mol. The van der Waals surface area contributed by atoms with Gasteiger partial charge in [0.2, 0.25) is 0 Å². The largest absolute Gasteiger partial charge is 0.508 e. The maximum absolute atomic E-state index is 9.27. The van der Waals surface area contributed by atoms with E-state index in [2.05, 4.69) is 19.2 Å². The van der Waals surface area contributed by atoms with Gasteiger partial charge in [0.1, 0.15) is 5.75 Å². The Kier molecular flexibility index (Phi) is 4.65. The van der Waals surface area contributed by atoms with Gasteiger partial charge in [0.05, 0.1) is 0 Å². The van der Waals surface area contributed by atoms with Crippen LogP contribution in [-0.4, -0.2) is 11.1 Å². The fraction of sp³-hybridized carbons (Fsp3) is 0.625. The van der Waals surface area contributed by atoms with Crippen LogP contribution in [0.3, 0.4) is 0 Å². The second-order valence-electron chi connectivity index (χ2n) is 5.85. The van der Waals surface area contributed by atoms with E-state index >= 15 is 0 Å². The van der Waals surface area contributed by atoms with Crippen molar-refractivity contribution in [3.63, 3.8) is 0 Å². The molecule has 1 saturated carbocycles. The van der Waals surface area contributed by atoms with Gasteiger partial charge in [-0.15, -0.1) is 0 Å². The van der Waals surface area contributed by atoms with Crippen LogP contribution in [0.25, 0.3) is 0 Å². The van der Waals surface area contributed by atoms with Gasteiger partial charge < -0.3 is 10.4 Å². The molecule has 2 nitrogen and oxygen atoms in total. The minimum atomic E-state index is 0.344. The molecule has 1 fully saturated rings. The number of benzene rings is 1. The molecule has 0 saturated heterocycles. The van der Waals surface area contributed by atoms with E-state index in [0.717, 1.165) is 18.4 Å². The lowest BCUT2D eigenvalue weighted by atomic mass is 9.78. The molecule has 1 aromatic rings. The molecule has 0 amide bonds. The van der Waals surface area contributed by atoms with Crippen molar-refractivity contribution in [3.8, 4) is 5.75 Å². The minimum Gasteiger partial charge on any atom is -0.508 e. The molecule has 1 aliphatic rings. The van der Waals surface area contributed by atoms with E-state index in [1.807, 2.05) is 12.1 Å².